The first-order valence-electron chi connectivity index (χ1n) is 5.95. The van der Waals surface area contributed by atoms with Crippen LogP contribution in [0.5, 0.6) is 5.75 Å². The van der Waals surface area contributed by atoms with E-state index in [2.05, 4.69) is 0 Å². The van der Waals surface area contributed by atoms with Crippen LogP contribution in [0.4, 0.5) is 5.69 Å². The van der Waals surface area contributed by atoms with Crippen LogP contribution in [-0.4, -0.2) is 40.2 Å². The predicted octanol–water partition coefficient (Wildman–Crippen LogP) is 0.728. The van der Waals surface area contributed by atoms with Crippen molar-refractivity contribution in [2.45, 2.75) is 25.5 Å². The molecule has 0 radical (unpaired) electrons. The molecule has 0 aliphatic carbocycles. The fourth-order valence-electron chi connectivity index (χ4n) is 2.03. The second-order valence-electron chi connectivity index (χ2n) is 4.39. The van der Waals surface area contributed by atoms with Gasteiger partial charge in [0.05, 0.1) is 12.1 Å². The fourth-order valence-corrected chi connectivity index (χ4v) is 2.03. The summed E-state index contributed by atoms with van der Waals surface area (Å²) in [5.41, 5.74) is 0.328. The molecule has 0 bridgehead atoms. The molecule has 2 N–H and O–H groups in total. The lowest BCUT2D eigenvalue weighted by atomic mass is 10.1. The van der Waals surface area contributed by atoms with Crippen molar-refractivity contribution in [3.63, 3.8) is 0 Å². The predicted molar refractivity (Wildman–Crippen MR) is 67.7 cm³/mol. The van der Waals surface area contributed by atoms with Gasteiger partial charge in [0.15, 0.2) is 6.10 Å². The highest BCUT2D eigenvalue weighted by Gasteiger charge is 2.39. The Balaban J connectivity index is 2.44. The highest BCUT2D eigenvalue weighted by molar-refractivity contribution is 6.05. The first-order chi connectivity index (χ1) is 9.41. The molecule has 1 aromatic carbocycles. The fraction of sp³-hybridized carbons (Fsp3) is 0.308. The maximum Gasteiger partial charge on any atom is 0.326 e. The number of hydrogen-bond acceptors (Lipinski definition) is 4. The Labute approximate surface area is 114 Å². The third-order valence-electron chi connectivity index (χ3n) is 3.01. The Kier molecular flexibility index (Phi) is 3.60. The molecule has 7 nitrogen and oxygen atoms in total. The minimum Gasteiger partial charge on any atom is -0.481 e. The Morgan fingerprint density at radius 1 is 1.35 bits per heavy atom. The molecule has 1 aliphatic heterocycles. The van der Waals surface area contributed by atoms with E-state index in [1.165, 1.54) is 6.92 Å². The van der Waals surface area contributed by atoms with Gasteiger partial charge in [-0.1, -0.05) is 12.1 Å². The third-order valence-corrected chi connectivity index (χ3v) is 3.01. The second kappa shape index (κ2) is 5.20. The van der Waals surface area contributed by atoms with Gasteiger partial charge in [-0.2, -0.15) is 0 Å². The molecule has 1 aliphatic rings. The quantitative estimate of drug-likeness (QED) is 0.842. The number of amides is 1. The summed E-state index contributed by atoms with van der Waals surface area (Å²) in [7, 11) is 0. The van der Waals surface area contributed by atoms with Gasteiger partial charge in [0.25, 0.3) is 5.91 Å². The monoisotopic (exact) mass is 279 g/mol. The van der Waals surface area contributed by atoms with Crippen LogP contribution in [0, 0.1) is 0 Å². The second-order valence-corrected chi connectivity index (χ2v) is 4.39. The lowest BCUT2D eigenvalue weighted by molar-refractivity contribution is -0.144. The maximum atomic E-state index is 12.2. The number of anilines is 1. The van der Waals surface area contributed by atoms with Crippen LogP contribution < -0.4 is 9.64 Å². The molecule has 0 fully saturated rings. The average Bonchev–Trinajstić information content (AvgIpc) is 2.38. The van der Waals surface area contributed by atoms with Crippen molar-refractivity contribution in [1.29, 1.82) is 0 Å². The maximum absolute atomic E-state index is 12.2. The smallest absolute Gasteiger partial charge is 0.326 e. The summed E-state index contributed by atoms with van der Waals surface area (Å²) >= 11 is 0. The number of aliphatic carboxylic acids is 2. The number of carboxylic acid groups (broad SMARTS) is 2. The minimum absolute atomic E-state index is 0.298. The van der Waals surface area contributed by atoms with E-state index < -0.39 is 36.4 Å². The van der Waals surface area contributed by atoms with E-state index >= 15 is 0 Å². The number of carboxylic acids is 2. The van der Waals surface area contributed by atoms with Gasteiger partial charge in [-0.3, -0.25) is 14.5 Å². The van der Waals surface area contributed by atoms with E-state index in [4.69, 9.17) is 14.9 Å². The molecule has 1 amide bonds. The van der Waals surface area contributed by atoms with Gasteiger partial charge in [-0.15, -0.1) is 0 Å². The van der Waals surface area contributed by atoms with Crippen molar-refractivity contribution >= 4 is 23.5 Å². The number of para-hydroxylation sites is 2. The Bertz CT molecular complexity index is 570. The summed E-state index contributed by atoms with van der Waals surface area (Å²) in [5.74, 6) is -2.73. The standard InChI is InChI=1S/C13H13NO6/c1-7(13(18)19)14-8-4-2-3-5-9(8)20-10(12(14)17)6-11(15)16/h2-5,7,10H,6H2,1H3,(H,15,16)(H,18,19). The van der Waals surface area contributed by atoms with Crippen molar-refractivity contribution in [1.82, 2.24) is 0 Å². The summed E-state index contributed by atoms with van der Waals surface area (Å²) in [6, 6.07) is 5.33. The Morgan fingerprint density at radius 2 is 2.00 bits per heavy atom. The summed E-state index contributed by atoms with van der Waals surface area (Å²) in [6.07, 6.45) is -1.74. The van der Waals surface area contributed by atoms with Crippen LogP contribution >= 0.6 is 0 Å². The molecule has 0 spiro atoms. The number of ether oxygens (including phenoxy) is 1. The van der Waals surface area contributed by atoms with E-state index in [0.29, 0.717) is 11.4 Å². The van der Waals surface area contributed by atoms with Gasteiger partial charge >= 0.3 is 11.9 Å². The van der Waals surface area contributed by atoms with Gasteiger partial charge < -0.3 is 14.9 Å². The summed E-state index contributed by atoms with van der Waals surface area (Å²) in [4.78, 5) is 35.2. The van der Waals surface area contributed by atoms with E-state index in [0.717, 1.165) is 4.90 Å². The zero-order valence-corrected chi connectivity index (χ0v) is 10.6. The largest absolute Gasteiger partial charge is 0.481 e. The average molecular weight is 279 g/mol. The van der Waals surface area contributed by atoms with Crippen LogP contribution in [0.25, 0.3) is 0 Å². The molecule has 2 atom stereocenters. The van der Waals surface area contributed by atoms with Crippen molar-refractivity contribution in [2.24, 2.45) is 0 Å². The first-order valence-corrected chi connectivity index (χ1v) is 5.95. The molecule has 0 saturated carbocycles. The van der Waals surface area contributed by atoms with E-state index in [9.17, 15) is 14.4 Å². The zero-order chi connectivity index (χ0) is 14.9. The van der Waals surface area contributed by atoms with Crippen molar-refractivity contribution in [3.05, 3.63) is 24.3 Å². The molecule has 2 unspecified atom stereocenters. The van der Waals surface area contributed by atoms with Gasteiger partial charge in [0.2, 0.25) is 0 Å². The Hall–Kier alpha value is -2.57. The molecule has 1 aromatic rings. The number of nitrogens with zero attached hydrogens (tertiary/aromatic N) is 1. The van der Waals surface area contributed by atoms with Gasteiger partial charge in [-0.05, 0) is 19.1 Å². The van der Waals surface area contributed by atoms with Crippen LogP contribution in [0.3, 0.4) is 0 Å². The van der Waals surface area contributed by atoms with Crippen molar-refractivity contribution in [2.75, 3.05) is 4.90 Å². The van der Waals surface area contributed by atoms with E-state index in [1.54, 1.807) is 24.3 Å². The topological polar surface area (TPSA) is 104 Å². The number of benzene rings is 1. The highest BCUT2D eigenvalue weighted by Crippen LogP contribution is 2.35. The lowest BCUT2D eigenvalue weighted by Gasteiger charge is -2.35. The lowest BCUT2D eigenvalue weighted by Crippen LogP contribution is -2.52. The number of hydrogen-bond donors (Lipinski definition) is 2. The SMILES string of the molecule is CC(C(=O)O)N1C(=O)C(CC(=O)O)Oc2ccccc21. The van der Waals surface area contributed by atoms with Gasteiger partial charge in [0.1, 0.15) is 11.8 Å². The molecule has 20 heavy (non-hydrogen) atoms. The molecular weight excluding hydrogens is 266 g/mol. The zero-order valence-electron chi connectivity index (χ0n) is 10.6. The van der Waals surface area contributed by atoms with E-state index in [1.807, 2.05) is 0 Å². The highest BCUT2D eigenvalue weighted by atomic mass is 16.5. The molecular formula is C13H13NO6. The van der Waals surface area contributed by atoms with Crippen LogP contribution in [0.2, 0.25) is 0 Å². The molecule has 7 heteroatoms. The van der Waals surface area contributed by atoms with Crippen LogP contribution in [0.1, 0.15) is 13.3 Å². The molecule has 2 rings (SSSR count). The van der Waals surface area contributed by atoms with Gasteiger partial charge in [-0.25, -0.2) is 4.79 Å². The third kappa shape index (κ3) is 2.42. The molecule has 1 heterocycles. The summed E-state index contributed by atoms with van der Waals surface area (Å²) < 4.78 is 5.35. The minimum atomic E-state index is -1.22. The number of fused-ring (bicyclic) bond motifs is 1. The number of carbonyl (C=O) groups excluding carboxylic acids is 1. The summed E-state index contributed by atoms with van der Waals surface area (Å²) in [6.45, 7) is 1.36. The normalized spacial score (nSPS) is 18.9. The van der Waals surface area contributed by atoms with Crippen LogP contribution in [0.15, 0.2) is 24.3 Å². The number of rotatable bonds is 4. The molecule has 0 saturated heterocycles. The Morgan fingerprint density at radius 3 is 2.60 bits per heavy atom. The molecule has 0 aromatic heterocycles. The van der Waals surface area contributed by atoms with Gasteiger partial charge in [0, 0.05) is 0 Å². The number of carbonyl (C=O) groups is 3. The first kappa shape index (κ1) is 13.9. The summed E-state index contributed by atoms with van der Waals surface area (Å²) in [5, 5.41) is 17.9. The van der Waals surface area contributed by atoms with Crippen molar-refractivity contribution < 1.29 is 29.3 Å². The van der Waals surface area contributed by atoms with Crippen molar-refractivity contribution in [3.8, 4) is 5.75 Å². The molecule has 106 valence electrons. The van der Waals surface area contributed by atoms with Crippen LogP contribution in [-0.2, 0) is 14.4 Å². The van der Waals surface area contributed by atoms with E-state index in [-0.39, 0.29) is 0 Å².